The van der Waals surface area contributed by atoms with E-state index in [-0.39, 0.29) is 17.5 Å². The Morgan fingerprint density at radius 3 is 2.59 bits per heavy atom. The van der Waals surface area contributed by atoms with Gasteiger partial charge in [-0.3, -0.25) is 9.00 Å². The Morgan fingerprint density at radius 2 is 1.94 bits per heavy atom. The van der Waals surface area contributed by atoms with Gasteiger partial charge < -0.3 is 0 Å². The van der Waals surface area contributed by atoms with Crippen LogP contribution in [0.5, 0.6) is 0 Å². The Morgan fingerprint density at radius 1 is 1.29 bits per heavy atom. The van der Waals surface area contributed by atoms with Gasteiger partial charge in [0.1, 0.15) is 5.78 Å². The van der Waals surface area contributed by atoms with Gasteiger partial charge >= 0.3 is 0 Å². The van der Waals surface area contributed by atoms with Crippen LogP contribution in [0.1, 0.15) is 31.2 Å². The molecule has 0 amide bonds. The van der Waals surface area contributed by atoms with Crippen LogP contribution in [0, 0.1) is 12.8 Å². The van der Waals surface area contributed by atoms with Gasteiger partial charge in [-0.15, -0.1) is 0 Å². The lowest BCUT2D eigenvalue weighted by atomic mass is 10.0. The van der Waals surface area contributed by atoms with Crippen molar-refractivity contribution in [2.75, 3.05) is 5.75 Å². The van der Waals surface area contributed by atoms with Crippen molar-refractivity contribution in [1.29, 1.82) is 0 Å². The van der Waals surface area contributed by atoms with E-state index in [4.69, 9.17) is 0 Å². The average Bonchev–Trinajstić information content (AvgIpc) is 2.82. The van der Waals surface area contributed by atoms with Crippen molar-refractivity contribution in [3.8, 4) is 0 Å². The number of ketones is 1. The number of carbonyl (C=O) groups excluding carboxylic acids is 1. The molecular formula is C14H18O2S. The Hall–Kier alpha value is -0.960. The molecule has 0 N–H and O–H groups in total. The van der Waals surface area contributed by atoms with E-state index >= 15 is 0 Å². The summed E-state index contributed by atoms with van der Waals surface area (Å²) in [4.78, 5) is 12.8. The first kappa shape index (κ1) is 12.5. The third-order valence-electron chi connectivity index (χ3n) is 3.42. The molecule has 1 aromatic carbocycles. The number of carbonyl (C=O) groups is 1. The number of hydrogen-bond acceptors (Lipinski definition) is 2. The Kier molecular flexibility index (Phi) is 4.11. The maximum atomic E-state index is 12.1. The molecular weight excluding hydrogens is 232 g/mol. The molecule has 1 aromatic rings. The molecule has 0 bridgehead atoms. The Bertz CT molecular complexity index is 434. The van der Waals surface area contributed by atoms with Crippen LogP contribution in [0.3, 0.4) is 0 Å². The summed E-state index contributed by atoms with van der Waals surface area (Å²) in [6.45, 7) is 1.94. The molecule has 0 saturated heterocycles. The van der Waals surface area contributed by atoms with Crippen molar-refractivity contribution < 1.29 is 9.00 Å². The first-order chi connectivity index (χ1) is 8.18. The lowest BCUT2D eigenvalue weighted by Crippen LogP contribution is -2.19. The van der Waals surface area contributed by atoms with Gasteiger partial charge in [0.05, 0.1) is 16.6 Å². The van der Waals surface area contributed by atoms with Crippen molar-refractivity contribution in [2.45, 2.75) is 37.5 Å². The lowest BCUT2D eigenvalue weighted by Gasteiger charge is -2.09. The van der Waals surface area contributed by atoms with Gasteiger partial charge in [-0.25, -0.2) is 0 Å². The second kappa shape index (κ2) is 5.58. The summed E-state index contributed by atoms with van der Waals surface area (Å²) >= 11 is 0. The lowest BCUT2D eigenvalue weighted by molar-refractivity contribution is -0.120. The summed E-state index contributed by atoms with van der Waals surface area (Å²) in [5.41, 5.74) is 1.00. The molecule has 1 fully saturated rings. The van der Waals surface area contributed by atoms with E-state index in [9.17, 15) is 9.00 Å². The zero-order valence-corrected chi connectivity index (χ0v) is 11.0. The SMILES string of the molecule is Cc1ccccc1S(=O)CC(=O)C1CCCC1. The Balaban J connectivity index is 2.02. The van der Waals surface area contributed by atoms with Gasteiger partial charge in [0.25, 0.3) is 0 Å². The monoisotopic (exact) mass is 250 g/mol. The third kappa shape index (κ3) is 3.03. The van der Waals surface area contributed by atoms with E-state index in [1.54, 1.807) is 0 Å². The van der Waals surface area contributed by atoms with E-state index < -0.39 is 10.8 Å². The standard InChI is InChI=1S/C14H18O2S/c1-11-6-2-5-9-14(11)17(16)10-13(15)12-7-3-4-8-12/h2,5-6,9,12H,3-4,7-8,10H2,1H3. The molecule has 92 valence electrons. The van der Waals surface area contributed by atoms with Crippen LogP contribution in [0.25, 0.3) is 0 Å². The predicted octanol–water partition coefficient (Wildman–Crippen LogP) is 2.86. The molecule has 1 saturated carbocycles. The van der Waals surface area contributed by atoms with Crippen LogP contribution in [0.15, 0.2) is 29.2 Å². The molecule has 0 spiro atoms. The smallest absolute Gasteiger partial charge is 0.148 e. The van der Waals surface area contributed by atoms with Gasteiger partial charge in [0.15, 0.2) is 0 Å². The first-order valence-electron chi connectivity index (χ1n) is 6.15. The number of Topliss-reactive ketones (excluding diaryl/α,β-unsaturated/α-hetero) is 1. The second-order valence-corrected chi connectivity index (χ2v) is 6.12. The van der Waals surface area contributed by atoms with Crippen molar-refractivity contribution in [2.24, 2.45) is 5.92 Å². The molecule has 2 rings (SSSR count). The number of aryl methyl sites for hydroxylation is 1. The van der Waals surface area contributed by atoms with Crippen LogP contribution in [0.4, 0.5) is 0 Å². The molecule has 0 aliphatic heterocycles. The second-order valence-electron chi connectivity index (χ2n) is 4.70. The van der Waals surface area contributed by atoms with Gasteiger partial charge in [-0.05, 0) is 31.4 Å². The molecule has 0 aromatic heterocycles. The van der Waals surface area contributed by atoms with Crippen molar-refractivity contribution in [3.63, 3.8) is 0 Å². The van der Waals surface area contributed by atoms with Crippen molar-refractivity contribution >= 4 is 16.6 Å². The van der Waals surface area contributed by atoms with Crippen LogP contribution >= 0.6 is 0 Å². The van der Waals surface area contributed by atoms with E-state index in [0.717, 1.165) is 36.1 Å². The van der Waals surface area contributed by atoms with Gasteiger partial charge in [-0.2, -0.15) is 0 Å². The summed E-state index contributed by atoms with van der Waals surface area (Å²) in [5.74, 6) is 0.544. The fourth-order valence-corrected chi connectivity index (χ4v) is 3.69. The third-order valence-corrected chi connectivity index (χ3v) is 4.92. The van der Waals surface area contributed by atoms with Gasteiger partial charge in [0, 0.05) is 10.8 Å². The summed E-state index contributed by atoms with van der Waals surface area (Å²) in [6.07, 6.45) is 4.27. The van der Waals surface area contributed by atoms with Crippen molar-refractivity contribution in [1.82, 2.24) is 0 Å². The summed E-state index contributed by atoms with van der Waals surface area (Å²) in [6, 6.07) is 7.59. The van der Waals surface area contributed by atoms with Crippen LogP contribution in [0.2, 0.25) is 0 Å². The van der Waals surface area contributed by atoms with Gasteiger partial charge in [-0.1, -0.05) is 31.0 Å². The van der Waals surface area contributed by atoms with Crippen LogP contribution in [-0.2, 0) is 15.6 Å². The molecule has 0 heterocycles. The van der Waals surface area contributed by atoms with E-state index in [0.29, 0.717) is 0 Å². The average molecular weight is 250 g/mol. The van der Waals surface area contributed by atoms with E-state index in [1.807, 2.05) is 31.2 Å². The number of hydrogen-bond donors (Lipinski definition) is 0. The largest absolute Gasteiger partial charge is 0.298 e. The molecule has 1 unspecified atom stereocenters. The minimum Gasteiger partial charge on any atom is -0.298 e. The predicted molar refractivity (Wildman–Crippen MR) is 69.4 cm³/mol. The molecule has 1 aliphatic rings. The highest BCUT2D eigenvalue weighted by molar-refractivity contribution is 7.85. The minimum absolute atomic E-state index is 0.169. The summed E-state index contributed by atoms with van der Waals surface area (Å²) in [5, 5.41) is 0. The van der Waals surface area contributed by atoms with Crippen molar-refractivity contribution in [3.05, 3.63) is 29.8 Å². The Labute approximate surface area is 105 Å². The highest BCUT2D eigenvalue weighted by Crippen LogP contribution is 2.26. The fraction of sp³-hybridized carbons (Fsp3) is 0.500. The molecule has 2 nitrogen and oxygen atoms in total. The molecule has 1 aliphatic carbocycles. The maximum Gasteiger partial charge on any atom is 0.148 e. The highest BCUT2D eigenvalue weighted by Gasteiger charge is 2.24. The summed E-state index contributed by atoms with van der Waals surface area (Å²) in [7, 11) is -1.17. The molecule has 17 heavy (non-hydrogen) atoms. The molecule has 0 radical (unpaired) electrons. The van der Waals surface area contributed by atoms with E-state index in [1.165, 1.54) is 0 Å². The van der Waals surface area contributed by atoms with E-state index in [2.05, 4.69) is 0 Å². The fourth-order valence-electron chi connectivity index (χ4n) is 2.38. The molecule has 3 heteroatoms. The normalized spacial score (nSPS) is 18.2. The minimum atomic E-state index is -1.17. The quantitative estimate of drug-likeness (QED) is 0.823. The maximum absolute atomic E-state index is 12.1. The topological polar surface area (TPSA) is 34.1 Å². The number of benzene rings is 1. The molecule has 1 atom stereocenters. The zero-order valence-electron chi connectivity index (χ0n) is 10.1. The van der Waals surface area contributed by atoms with Crippen LogP contribution in [-0.4, -0.2) is 15.7 Å². The van der Waals surface area contributed by atoms with Gasteiger partial charge in [0.2, 0.25) is 0 Å². The van der Waals surface area contributed by atoms with Crippen LogP contribution < -0.4 is 0 Å². The highest BCUT2D eigenvalue weighted by atomic mass is 32.2. The zero-order chi connectivity index (χ0) is 12.3. The number of rotatable bonds is 4. The first-order valence-corrected chi connectivity index (χ1v) is 7.47. The summed E-state index contributed by atoms with van der Waals surface area (Å²) < 4.78 is 12.1.